The summed E-state index contributed by atoms with van der Waals surface area (Å²) >= 11 is 0. The Morgan fingerprint density at radius 3 is 2.79 bits per heavy atom. The lowest BCUT2D eigenvalue weighted by molar-refractivity contribution is -0.127. The van der Waals surface area contributed by atoms with Gasteiger partial charge in [0.1, 0.15) is 11.5 Å². The summed E-state index contributed by atoms with van der Waals surface area (Å²) in [6, 6.07) is 6.00. The van der Waals surface area contributed by atoms with Crippen LogP contribution in [0.5, 0.6) is 0 Å². The van der Waals surface area contributed by atoms with Gasteiger partial charge in [0.2, 0.25) is 5.91 Å². The number of hydrogen-bond donors (Lipinski definition) is 1. The largest absolute Gasteiger partial charge is 0.346 e. The van der Waals surface area contributed by atoms with Crippen molar-refractivity contribution in [3.05, 3.63) is 59.9 Å². The zero-order chi connectivity index (χ0) is 16.9. The Morgan fingerprint density at radius 2 is 2.08 bits per heavy atom. The normalized spacial score (nSPS) is 17.1. The van der Waals surface area contributed by atoms with E-state index in [1.165, 1.54) is 30.7 Å². The molecule has 0 bridgehead atoms. The quantitative estimate of drug-likeness (QED) is 0.894. The second kappa shape index (κ2) is 7.16. The molecule has 24 heavy (non-hydrogen) atoms. The number of rotatable bonds is 5. The Morgan fingerprint density at radius 1 is 1.29 bits per heavy atom. The fraction of sp³-hybridized carbons (Fsp3) is 0.294. The lowest BCUT2D eigenvalue weighted by Crippen LogP contribution is -2.37. The molecule has 2 aromatic rings. The molecule has 1 aliphatic rings. The lowest BCUT2D eigenvalue weighted by atomic mass is 10.1. The van der Waals surface area contributed by atoms with Crippen molar-refractivity contribution in [2.24, 2.45) is 0 Å². The molecule has 1 saturated heterocycles. The van der Waals surface area contributed by atoms with Crippen LogP contribution in [0.15, 0.2) is 42.9 Å². The molecule has 124 valence electrons. The maximum absolute atomic E-state index is 12.9. The first kappa shape index (κ1) is 16.0. The molecule has 3 rings (SSSR count). The lowest BCUT2D eigenvalue weighted by Gasteiger charge is -2.17. The average Bonchev–Trinajstić information content (AvgIpc) is 2.94. The summed E-state index contributed by atoms with van der Waals surface area (Å²) in [7, 11) is 0. The molecule has 1 aliphatic heterocycles. The van der Waals surface area contributed by atoms with Crippen LogP contribution in [-0.4, -0.2) is 45.8 Å². The smallest absolute Gasteiger partial charge is 0.271 e. The molecular formula is C17H17FN4O2. The maximum Gasteiger partial charge on any atom is 0.271 e. The van der Waals surface area contributed by atoms with Gasteiger partial charge in [-0.3, -0.25) is 14.6 Å². The van der Waals surface area contributed by atoms with Gasteiger partial charge in [-0.2, -0.15) is 0 Å². The predicted molar refractivity (Wildman–Crippen MR) is 84.6 cm³/mol. The number of carbonyl (C=O) groups is 2. The first-order valence-electron chi connectivity index (χ1n) is 7.71. The van der Waals surface area contributed by atoms with Crippen molar-refractivity contribution in [3.8, 4) is 0 Å². The van der Waals surface area contributed by atoms with Crippen molar-refractivity contribution < 1.29 is 14.0 Å². The Kier molecular flexibility index (Phi) is 4.79. The van der Waals surface area contributed by atoms with E-state index in [0.29, 0.717) is 19.5 Å². The third-order valence-electron chi connectivity index (χ3n) is 3.93. The van der Waals surface area contributed by atoms with Gasteiger partial charge in [-0.05, 0) is 24.1 Å². The molecule has 7 heteroatoms. The number of halogens is 1. The summed E-state index contributed by atoms with van der Waals surface area (Å²) in [5.74, 6) is -0.606. The van der Waals surface area contributed by atoms with Crippen LogP contribution < -0.4 is 5.32 Å². The summed E-state index contributed by atoms with van der Waals surface area (Å²) in [5, 5.41) is 2.81. The number of likely N-dealkylation sites (tertiary alicyclic amines) is 1. The fourth-order valence-electron chi connectivity index (χ4n) is 2.68. The van der Waals surface area contributed by atoms with Crippen molar-refractivity contribution in [2.75, 3.05) is 13.1 Å². The van der Waals surface area contributed by atoms with Gasteiger partial charge in [-0.15, -0.1) is 0 Å². The van der Waals surface area contributed by atoms with E-state index in [4.69, 9.17) is 0 Å². The minimum Gasteiger partial charge on any atom is -0.346 e. The molecule has 0 radical (unpaired) electrons. The van der Waals surface area contributed by atoms with E-state index in [2.05, 4.69) is 15.3 Å². The Bertz CT molecular complexity index is 721. The number of benzene rings is 1. The highest BCUT2D eigenvalue weighted by atomic mass is 19.1. The van der Waals surface area contributed by atoms with Crippen LogP contribution in [0.25, 0.3) is 0 Å². The molecular weight excluding hydrogens is 311 g/mol. The molecule has 0 spiro atoms. The predicted octanol–water partition coefficient (Wildman–Crippen LogP) is 1.19. The van der Waals surface area contributed by atoms with Gasteiger partial charge in [0.25, 0.3) is 5.91 Å². The van der Waals surface area contributed by atoms with Gasteiger partial charge < -0.3 is 10.2 Å². The second-order valence-corrected chi connectivity index (χ2v) is 5.68. The molecule has 0 unspecified atom stereocenters. The average molecular weight is 328 g/mol. The summed E-state index contributed by atoms with van der Waals surface area (Å²) in [4.78, 5) is 33.6. The van der Waals surface area contributed by atoms with Crippen LogP contribution in [0.4, 0.5) is 4.39 Å². The minimum absolute atomic E-state index is 0.00144. The Labute approximate surface area is 138 Å². The van der Waals surface area contributed by atoms with Crippen LogP contribution in [0.3, 0.4) is 0 Å². The summed E-state index contributed by atoms with van der Waals surface area (Å²) in [6.07, 6.45) is 5.25. The van der Waals surface area contributed by atoms with Crippen molar-refractivity contribution >= 4 is 11.8 Å². The third-order valence-corrected chi connectivity index (χ3v) is 3.93. The fourth-order valence-corrected chi connectivity index (χ4v) is 2.68. The number of nitrogens with one attached hydrogen (secondary N) is 1. The molecule has 0 aliphatic carbocycles. The van der Waals surface area contributed by atoms with Gasteiger partial charge in [-0.1, -0.05) is 12.1 Å². The van der Waals surface area contributed by atoms with Gasteiger partial charge >= 0.3 is 0 Å². The first-order chi connectivity index (χ1) is 11.6. The second-order valence-electron chi connectivity index (χ2n) is 5.68. The van der Waals surface area contributed by atoms with E-state index in [-0.39, 0.29) is 35.8 Å². The van der Waals surface area contributed by atoms with Crippen molar-refractivity contribution in [3.63, 3.8) is 0 Å². The Balaban J connectivity index is 1.52. The highest BCUT2D eigenvalue weighted by Gasteiger charge is 2.30. The molecule has 2 amide bonds. The van der Waals surface area contributed by atoms with E-state index in [0.717, 1.165) is 5.56 Å². The number of hydrogen-bond acceptors (Lipinski definition) is 4. The highest BCUT2D eigenvalue weighted by molar-refractivity contribution is 5.93. The molecule has 1 aromatic heterocycles. The molecule has 1 atom stereocenters. The minimum atomic E-state index is -0.332. The Hall–Kier alpha value is -2.83. The molecule has 6 nitrogen and oxygen atoms in total. The summed E-state index contributed by atoms with van der Waals surface area (Å²) in [6.45, 7) is 1.01. The first-order valence-corrected chi connectivity index (χ1v) is 7.71. The van der Waals surface area contributed by atoms with E-state index in [9.17, 15) is 14.0 Å². The number of amides is 2. The zero-order valence-corrected chi connectivity index (χ0v) is 13.0. The van der Waals surface area contributed by atoms with Crippen LogP contribution in [0.1, 0.15) is 22.5 Å². The van der Waals surface area contributed by atoms with E-state index < -0.39 is 0 Å². The summed E-state index contributed by atoms with van der Waals surface area (Å²) in [5.41, 5.74) is 1.20. The van der Waals surface area contributed by atoms with Gasteiger partial charge in [-0.25, -0.2) is 9.37 Å². The standard InChI is InChI=1S/C17H17FN4O2/c18-13-3-1-12(2-4-13)5-8-22-11-14(9-16(22)23)21-17(24)15-10-19-6-7-20-15/h1-4,6-7,10,14H,5,8-9,11H2,(H,21,24)/t14-/m1/s1. The monoisotopic (exact) mass is 328 g/mol. The number of carbonyl (C=O) groups excluding carboxylic acids is 2. The number of aromatic nitrogens is 2. The molecule has 1 N–H and O–H groups in total. The maximum atomic E-state index is 12.9. The van der Waals surface area contributed by atoms with Crippen LogP contribution in [-0.2, 0) is 11.2 Å². The van der Waals surface area contributed by atoms with Gasteiger partial charge in [0, 0.05) is 31.9 Å². The van der Waals surface area contributed by atoms with Crippen molar-refractivity contribution in [1.82, 2.24) is 20.2 Å². The van der Waals surface area contributed by atoms with Gasteiger partial charge in [0.15, 0.2) is 0 Å². The third kappa shape index (κ3) is 3.92. The van der Waals surface area contributed by atoms with E-state index in [1.807, 2.05) is 0 Å². The van der Waals surface area contributed by atoms with Crippen molar-refractivity contribution in [1.29, 1.82) is 0 Å². The number of nitrogens with zero attached hydrogens (tertiary/aromatic N) is 3. The van der Waals surface area contributed by atoms with Gasteiger partial charge in [0.05, 0.1) is 12.2 Å². The van der Waals surface area contributed by atoms with Crippen LogP contribution in [0, 0.1) is 5.82 Å². The molecule has 0 saturated carbocycles. The highest BCUT2D eigenvalue weighted by Crippen LogP contribution is 2.13. The van der Waals surface area contributed by atoms with Crippen molar-refractivity contribution in [2.45, 2.75) is 18.9 Å². The molecule has 2 heterocycles. The van der Waals surface area contributed by atoms with Crippen LogP contribution >= 0.6 is 0 Å². The zero-order valence-electron chi connectivity index (χ0n) is 13.0. The SMILES string of the molecule is O=C(N[C@@H]1CC(=O)N(CCc2ccc(F)cc2)C1)c1cnccn1. The topological polar surface area (TPSA) is 75.2 Å². The molecule has 1 aromatic carbocycles. The summed E-state index contributed by atoms with van der Waals surface area (Å²) < 4.78 is 12.9. The van der Waals surface area contributed by atoms with E-state index >= 15 is 0 Å². The molecule has 1 fully saturated rings. The van der Waals surface area contributed by atoms with Crippen LogP contribution in [0.2, 0.25) is 0 Å². The van der Waals surface area contributed by atoms with E-state index in [1.54, 1.807) is 17.0 Å².